The summed E-state index contributed by atoms with van der Waals surface area (Å²) in [4.78, 5) is 0. The molecule has 0 bridgehead atoms. The van der Waals surface area contributed by atoms with E-state index in [-0.39, 0.29) is 0 Å². The fraction of sp³-hybridized carbons (Fsp3) is 0.250. The molecular formula is C4H6N2O2. The van der Waals surface area contributed by atoms with Gasteiger partial charge in [-0.1, -0.05) is 4.73 Å². The van der Waals surface area contributed by atoms with Crippen LogP contribution in [0, 0.1) is 12.1 Å². The lowest BCUT2D eigenvalue weighted by atomic mass is 10.6. The van der Waals surface area contributed by atoms with Crippen LogP contribution in [-0.4, -0.2) is 9.94 Å². The standard InChI is InChI=1S/C4H6N2O2/c1-4-2-5(7)3-6(4)8/h2-3,7H,1H3. The predicted molar refractivity (Wildman–Crippen MR) is 25.3 cm³/mol. The number of imidazole rings is 1. The van der Waals surface area contributed by atoms with Crippen molar-refractivity contribution in [3.05, 3.63) is 23.4 Å². The lowest BCUT2D eigenvalue weighted by molar-refractivity contribution is -0.612. The summed E-state index contributed by atoms with van der Waals surface area (Å²) in [6, 6.07) is 0. The van der Waals surface area contributed by atoms with Gasteiger partial charge in [-0.3, -0.25) is 0 Å². The lowest BCUT2D eigenvalue weighted by Crippen LogP contribution is -2.25. The molecular weight excluding hydrogens is 108 g/mol. The van der Waals surface area contributed by atoms with Gasteiger partial charge in [0.15, 0.2) is 6.20 Å². The third-order valence-electron chi connectivity index (χ3n) is 0.890. The molecule has 0 fully saturated rings. The lowest BCUT2D eigenvalue weighted by Gasteiger charge is -1.92. The zero-order chi connectivity index (χ0) is 6.15. The van der Waals surface area contributed by atoms with Crippen LogP contribution in [0.15, 0.2) is 12.5 Å². The van der Waals surface area contributed by atoms with E-state index in [0.29, 0.717) is 10.4 Å². The molecule has 1 N–H and O–H groups in total. The predicted octanol–water partition coefficient (Wildman–Crippen LogP) is -0.333. The van der Waals surface area contributed by atoms with Crippen molar-refractivity contribution in [3.63, 3.8) is 0 Å². The Kier molecular flexibility index (Phi) is 0.865. The van der Waals surface area contributed by atoms with Crippen molar-refractivity contribution in [3.8, 4) is 0 Å². The average molecular weight is 114 g/mol. The van der Waals surface area contributed by atoms with Crippen LogP contribution in [0.1, 0.15) is 5.69 Å². The molecule has 0 aliphatic carbocycles. The number of hydrogen-bond acceptors (Lipinski definition) is 2. The minimum atomic E-state index is 0.479. The molecule has 0 spiro atoms. The summed E-state index contributed by atoms with van der Waals surface area (Å²) in [7, 11) is 0. The second-order valence-electron chi connectivity index (χ2n) is 1.59. The largest absolute Gasteiger partial charge is 0.711 e. The van der Waals surface area contributed by atoms with Crippen molar-refractivity contribution in [2.75, 3.05) is 0 Å². The third kappa shape index (κ3) is 0.598. The van der Waals surface area contributed by atoms with E-state index in [1.54, 1.807) is 6.92 Å². The molecule has 1 rings (SSSR count). The van der Waals surface area contributed by atoms with E-state index in [2.05, 4.69) is 0 Å². The highest BCUT2D eigenvalue weighted by molar-refractivity contribution is 4.81. The van der Waals surface area contributed by atoms with Crippen molar-refractivity contribution < 1.29 is 9.94 Å². The number of nitrogens with zero attached hydrogens (tertiary/aromatic N) is 2. The number of aromatic nitrogens is 2. The van der Waals surface area contributed by atoms with Crippen molar-refractivity contribution in [2.45, 2.75) is 6.92 Å². The molecule has 1 aromatic rings. The van der Waals surface area contributed by atoms with Gasteiger partial charge < -0.3 is 10.4 Å². The number of rotatable bonds is 0. The molecule has 0 atom stereocenters. The Morgan fingerprint density at radius 1 is 1.88 bits per heavy atom. The quantitative estimate of drug-likeness (QED) is 0.285. The topological polar surface area (TPSA) is 52.1 Å². The normalized spacial score (nSPS) is 9.62. The molecule has 8 heavy (non-hydrogen) atoms. The highest BCUT2D eigenvalue weighted by atomic mass is 16.5. The Hall–Kier alpha value is -1.19. The highest BCUT2D eigenvalue weighted by Crippen LogP contribution is 1.84. The minimum Gasteiger partial charge on any atom is -0.711 e. The van der Waals surface area contributed by atoms with Gasteiger partial charge in [-0.05, 0) is 0 Å². The summed E-state index contributed by atoms with van der Waals surface area (Å²) in [5, 5.41) is 18.9. The van der Waals surface area contributed by atoms with Gasteiger partial charge in [0.25, 0.3) is 6.33 Å². The van der Waals surface area contributed by atoms with E-state index in [1.165, 1.54) is 6.20 Å². The summed E-state index contributed by atoms with van der Waals surface area (Å²) >= 11 is 0. The van der Waals surface area contributed by atoms with Crippen molar-refractivity contribution in [2.24, 2.45) is 0 Å². The molecule has 0 unspecified atom stereocenters. The van der Waals surface area contributed by atoms with Gasteiger partial charge in [0.05, 0.1) is 0 Å². The molecule has 4 nitrogen and oxygen atoms in total. The van der Waals surface area contributed by atoms with Gasteiger partial charge in [-0.2, -0.15) is 0 Å². The van der Waals surface area contributed by atoms with Crippen molar-refractivity contribution in [1.29, 1.82) is 0 Å². The first-order chi connectivity index (χ1) is 3.70. The second kappa shape index (κ2) is 1.40. The number of aryl methyl sites for hydroxylation is 1. The molecule has 0 aliphatic heterocycles. The Morgan fingerprint density at radius 3 is 2.62 bits per heavy atom. The Morgan fingerprint density at radius 2 is 2.50 bits per heavy atom. The smallest absolute Gasteiger partial charge is 0.287 e. The van der Waals surface area contributed by atoms with E-state index >= 15 is 0 Å². The Labute approximate surface area is 46.1 Å². The van der Waals surface area contributed by atoms with Gasteiger partial charge >= 0.3 is 0 Å². The summed E-state index contributed by atoms with van der Waals surface area (Å²) in [5.41, 5.74) is 0.479. The minimum absolute atomic E-state index is 0.479. The molecule has 4 heteroatoms. The molecule has 0 radical (unpaired) electrons. The van der Waals surface area contributed by atoms with Crippen LogP contribution in [-0.2, 0) is 0 Å². The van der Waals surface area contributed by atoms with E-state index in [0.717, 1.165) is 11.1 Å². The molecule has 0 saturated heterocycles. The molecule has 0 saturated carbocycles. The summed E-state index contributed by atoms with van der Waals surface area (Å²) in [6.07, 6.45) is 2.36. The van der Waals surface area contributed by atoms with E-state index in [9.17, 15) is 5.21 Å². The van der Waals surface area contributed by atoms with Gasteiger partial charge in [0.1, 0.15) is 5.69 Å². The van der Waals surface area contributed by atoms with E-state index in [1.807, 2.05) is 0 Å². The first-order valence-electron chi connectivity index (χ1n) is 2.17. The Bertz CT molecular complexity index is 174. The number of hydrogen-bond donors (Lipinski definition) is 1. The molecule has 0 aliphatic rings. The van der Waals surface area contributed by atoms with Gasteiger partial charge in [0, 0.05) is 6.92 Å². The first-order valence-corrected chi connectivity index (χ1v) is 2.17. The van der Waals surface area contributed by atoms with Crippen LogP contribution >= 0.6 is 0 Å². The van der Waals surface area contributed by atoms with Crippen molar-refractivity contribution in [1.82, 2.24) is 4.73 Å². The van der Waals surface area contributed by atoms with Gasteiger partial charge in [-0.25, -0.2) is 4.73 Å². The zero-order valence-electron chi connectivity index (χ0n) is 4.40. The maximum Gasteiger partial charge on any atom is 0.287 e. The SMILES string of the molecule is Cc1cn(O)c[n+]1[O-]. The van der Waals surface area contributed by atoms with Crippen LogP contribution in [0.5, 0.6) is 0 Å². The van der Waals surface area contributed by atoms with Crippen LogP contribution < -0.4 is 4.73 Å². The van der Waals surface area contributed by atoms with Gasteiger partial charge in [-0.15, -0.1) is 0 Å². The van der Waals surface area contributed by atoms with Crippen LogP contribution in [0.4, 0.5) is 0 Å². The molecule has 0 amide bonds. The zero-order valence-corrected chi connectivity index (χ0v) is 4.40. The van der Waals surface area contributed by atoms with E-state index < -0.39 is 0 Å². The first kappa shape index (κ1) is 4.96. The summed E-state index contributed by atoms with van der Waals surface area (Å²) in [6.45, 7) is 1.61. The maximum absolute atomic E-state index is 10.4. The molecule has 0 aromatic carbocycles. The molecule has 44 valence electrons. The molecule has 1 heterocycles. The van der Waals surface area contributed by atoms with E-state index in [4.69, 9.17) is 5.21 Å². The third-order valence-corrected chi connectivity index (χ3v) is 0.890. The maximum atomic E-state index is 10.4. The average Bonchev–Trinajstić information content (AvgIpc) is 1.85. The fourth-order valence-electron chi connectivity index (χ4n) is 0.480. The monoisotopic (exact) mass is 114 g/mol. The van der Waals surface area contributed by atoms with Crippen LogP contribution in [0.2, 0.25) is 0 Å². The fourth-order valence-corrected chi connectivity index (χ4v) is 0.480. The summed E-state index contributed by atoms with van der Waals surface area (Å²) < 4.78 is 1.31. The van der Waals surface area contributed by atoms with Gasteiger partial charge in [0.2, 0.25) is 0 Å². The highest BCUT2D eigenvalue weighted by Gasteiger charge is 1.98. The Balaban J connectivity index is 3.14. The van der Waals surface area contributed by atoms with Crippen LogP contribution in [0.25, 0.3) is 0 Å². The second-order valence-corrected chi connectivity index (χ2v) is 1.59. The van der Waals surface area contributed by atoms with Crippen molar-refractivity contribution >= 4 is 0 Å². The summed E-state index contributed by atoms with van der Waals surface area (Å²) in [5.74, 6) is 0. The molecule has 1 aromatic heterocycles. The van der Waals surface area contributed by atoms with Crippen LogP contribution in [0.3, 0.4) is 0 Å².